The number of rotatable bonds is 5. The third-order valence-electron chi connectivity index (χ3n) is 3.94. The summed E-state index contributed by atoms with van der Waals surface area (Å²) in [5.74, 6) is 0. The van der Waals surface area contributed by atoms with Gasteiger partial charge in [-0.05, 0) is 38.1 Å². The molecule has 0 spiro atoms. The Labute approximate surface area is 124 Å². The number of nitrogens with one attached hydrogen (secondary N) is 1. The number of fused-ring (bicyclic) bond motifs is 1. The van der Waals surface area contributed by atoms with E-state index in [1.807, 2.05) is 37.1 Å². The topological polar surface area (TPSA) is 42.7 Å². The lowest BCUT2D eigenvalue weighted by molar-refractivity contribution is 0.525. The maximum atomic E-state index is 4.78. The number of hydrogen-bond donors (Lipinski definition) is 1. The standard InChI is InChI=1S/C17H20N4/c1-18-16(10-8-14-11-12-19-21(14)2)17-9-7-13-5-3-4-6-15(13)20-17/h3-7,9,11-12,16,18H,8,10H2,1-2H3. The Morgan fingerprint density at radius 3 is 2.76 bits per heavy atom. The molecule has 108 valence electrons. The second-order valence-corrected chi connectivity index (χ2v) is 5.25. The van der Waals surface area contributed by atoms with Gasteiger partial charge in [0.15, 0.2) is 0 Å². The maximum Gasteiger partial charge on any atom is 0.0706 e. The van der Waals surface area contributed by atoms with Crippen molar-refractivity contribution in [1.82, 2.24) is 20.1 Å². The van der Waals surface area contributed by atoms with Crippen molar-refractivity contribution in [1.29, 1.82) is 0 Å². The molecule has 1 unspecified atom stereocenters. The van der Waals surface area contributed by atoms with Crippen LogP contribution in [0.2, 0.25) is 0 Å². The summed E-state index contributed by atoms with van der Waals surface area (Å²) in [6.07, 6.45) is 3.83. The van der Waals surface area contributed by atoms with E-state index in [1.54, 1.807) is 0 Å². The van der Waals surface area contributed by atoms with E-state index >= 15 is 0 Å². The average Bonchev–Trinajstić information content (AvgIpc) is 2.93. The van der Waals surface area contributed by atoms with E-state index in [4.69, 9.17) is 4.98 Å². The van der Waals surface area contributed by atoms with Crippen LogP contribution in [0.25, 0.3) is 10.9 Å². The van der Waals surface area contributed by atoms with Crippen LogP contribution < -0.4 is 5.32 Å². The van der Waals surface area contributed by atoms with Gasteiger partial charge in [0.25, 0.3) is 0 Å². The smallest absolute Gasteiger partial charge is 0.0706 e. The summed E-state index contributed by atoms with van der Waals surface area (Å²) in [5, 5.41) is 8.77. The van der Waals surface area contributed by atoms with Crippen LogP contribution in [0, 0.1) is 0 Å². The highest BCUT2D eigenvalue weighted by molar-refractivity contribution is 5.78. The first kappa shape index (κ1) is 13.8. The Hall–Kier alpha value is -2.20. The summed E-state index contributed by atoms with van der Waals surface area (Å²) in [6, 6.07) is 14.8. The molecule has 1 N–H and O–H groups in total. The fraction of sp³-hybridized carbons (Fsp3) is 0.294. The normalized spacial score (nSPS) is 12.7. The van der Waals surface area contributed by atoms with Gasteiger partial charge in [0.1, 0.15) is 0 Å². The lowest BCUT2D eigenvalue weighted by Gasteiger charge is -2.16. The Balaban J connectivity index is 1.79. The number of aromatic nitrogens is 3. The molecule has 0 radical (unpaired) electrons. The van der Waals surface area contributed by atoms with Crippen LogP contribution in [0.15, 0.2) is 48.7 Å². The van der Waals surface area contributed by atoms with Crippen LogP contribution in [0.3, 0.4) is 0 Å². The number of hydrogen-bond acceptors (Lipinski definition) is 3. The number of nitrogens with zero attached hydrogens (tertiary/aromatic N) is 3. The zero-order valence-electron chi connectivity index (χ0n) is 12.5. The molecule has 3 rings (SSSR count). The molecule has 0 saturated heterocycles. The van der Waals surface area contributed by atoms with E-state index in [9.17, 15) is 0 Å². The van der Waals surface area contributed by atoms with Gasteiger partial charge in [-0.1, -0.05) is 24.3 Å². The minimum absolute atomic E-state index is 0.254. The number of aryl methyl sites for hydroxylation is 2. The van der Waals surface area contributed by atoms with Crippen LogP contribution in [-0.4, -0.2) is 21.8 Å². The summed E-state index contributed by atoms with van der Waals surface area (Å²) >= 11 is 0. The minimum atomic E-state index is 0.254. The van der Waals surface area contributed by atoms with E-state index in [-0.39, 0.29) is 6.04 Å². The zero-order valence-corrected chi connectivity index (χ0v) is 12.5. The zero-order chi connectivity index (χ0) is 14.7. The molecule has 2 heterocycles. The molecule has 0 aliphatic rings. The van der Waals surface area contributed by atoms with Crippen molar-refractivity contribution in [2.45, 2.75) is 18.9 Å². The van der Waals surface area contributed by atoms with Gasteiger partial charge in [0.05, 0.1) is 11.2 Å². The third kappa shape index (κ3) is 2.95. The predicted molar refractivity (Wildman–Crippen MR) is 85.1 cm³/mol. The Kier molecular flexibility index (Phi) is 3.97. The number of benzene rings is 1. The van der Waals surface area contributed by atoms with Crippen molar-refractivity contribution >= 4 is 10.9 Å². The highest BCUT2D eigenvalue weighted by Gasteiger charge is 2.12. The first-order valence-electron chi connectivity index (χ1n) is 7.28. The molecule has 0 aliphatic heterocycles. The van der Waals surface area contributed by atoms with Gasteiger partial charge in [0.2, 0.25) is 0 Å². The average molecular weight is 280 g/mol. The summed E-state index contributed by atoms with van der Waals surface area (Å²) in [5.41, 5.74) is 3.39. The number of para-hydroxylation sites is 1. The molecule has 0 aliphatic carbocycles. The Bertz CT molecular complexity index is 732. The van der Waals surface area contributed by atoms with Crippen LogP contribution in [0.5, 0.6) is 0 Å². The maximum absolute atomic E-state index is 4.78. The molecule has 1 aromatic carbocycles. The second kappa shape index (κ2) is 6.06. The van der Waals surface area contributed by atoms with Crippen LogP contribution >= 0.6 is 0 Å². The predicted octanol–water partition coefficient (Wildman–Crippen LogP) is 2.86. The van der Waals surface area contributed by atoms with Gasteiger partial charge in [0, 0.05) is 30.4 Å². The van der Waals surface area contributed by atoms with E-state index in [0.717, 1.165) is 24.1 Å². The summed E-state index contributed by atoms with van der Waals surface area (Å²) < 4.78 is 1.93. The third-order valence-corrected chi connectivity index (χ3v) is 3.94. The monoisotopic (exact) mass is 280 g/mol. The van der Waals surface area contributed by atoms with Gasteiger partial charge in [-0.2, -0.15) is 5.10 Å². The van der Waals surface area contributed by atoms with Crippen molar-refractivity contribution in [3.63, 3.8) is 0 Å². The van der Waals surface area contributed by atoms with Gasteiger partial charge in [-0.3, -0.25) is 9.67 Å². The molecular formula is C17H20N4. The molecule has 4 nitrogen and oxygen atoms in total. The SMILES string of the molecule is CNC(CCc1ccnn1C)c1ccc2ccccc2n1. The Morgan fingerprint density at radius 1 is 1.14 bits per heavy atom. The fourth-order valence-electron chi connectivity index (χ4n) is 2.65. The summed E-state index contributed by atoms with van der Waals surface area (Å²) in [6.45, 7) is 0. The highest BCUT2D eigenvalue weighted by atomic mass is 15.2. The summed E-state index contributed by atoms with van der Waals surface area (Å²) in [7, 11) is 3.97. The molecule has 0 fully saturated rings. The molecule has 1 atom stereocenters. The van der Waals surface area contributed by atoms with E-state index in [2.05, 4.69) is 40.7 Å². The second-order valence-electron chi connectivity index (χ2n) is 5.25. The molecule has 4 heteroatoms. The first-order valence-corrected chi connectivity index (χ1v) is 7.28. The van der Waals surface area contributed by atoms with Crippen molar-refractivity contribution in [3.05, 3.63) is 60.0 Å². The first-order chi connectivity index (χ1) is 10.3. The minimum Gasteiger partial charge on any atom is -0.312 e. The summed E-state index contributed by atoms with van der Waals surface area (Å²) in [4.78, 5) is 4.78. The molecule has 21 heavy (non-hydrogen) atoms. The lowest BCUT2D eigenvalue weighted by Crippen LogP contribution is -2.19. The molecular weight excluding hydrogens is 260 g/mol. The fourth-order valence-corrected chi connectivity index (χ4v) is 2.65. The molecule has 0 bridgehead atoms. The molecule has 2 aromatic heterocycles. The van der Waals surface area contributed by atoms with Crippen molar-refractivity contribution in [2.75, 3.05) is 7.05 Å². The van der Waals surface area contributed by atoms with E-state index in [0.29, 0.717) is 0 Å². The van der Waals surface area contributed by atoms with Gasteiger partial charge in [-0.25, -0.2) is 0 Å². The van der Waals surface area contributed by atoms with Crippen molar-refractivity contribution in [2.24, 2.45) is 7.05 Å². The van der Waals surface area contributed by atoms with Crippen LogP contribution in [-0.2, 0) is 13.5 Å². The van der Waals surface area contributed by atoms with Crippen LogP contribution in [0.4, 0.5) is 0 Å². The van der Waals surface area contributed by atoms with Crippen molar-refractivity contribution in [3.8, 4) is 0 Å². The van der Waals surface area contributed by atoms with E-state index in [1.165, 1.54) is 11.1 Å². The molecule has 0 amide bonds. The van der Waals surface area contributed by atoms with Gasteiger partial charge >= 0.3 is 0 Å². The Morgan fingerprint density at radius 2 is 2.00 bits per heavy atom. The van der Waals surface area contributed by atoms with Gasteiger partial charge in [-0.15, -0.1) is 0 Å². The van der Waals surface area contributed by atoms with Gasteiger partial charge < -0.3 is 5.32 Å². The van der Waals surface area contributed by atoms with Crippen LogP contribution in [0.1, 0.15) is 23.9 Å². The van der Waals surface area contributed by atoms with E-state index < -0.39 is 0 Å². The quantitative estimate of drug-likeness (QED) is 0.781. The highest BCUT2D eigenvalue weighted by Crippen LogP contribution is 2.20. The number of pyridine rings is 1. The lowest BCUT2D eigenvalue weighted by atomic mass is 10.0. The largest absolute Gasteiger partial charge is 0.312 e. The molecule has 3 aromatic rings. The van der Waals surface area contributed by atoms with Crippen molar-refractivity contribution < 1.29 is 0 Å². The molecule has 0 saturated carbocycles.